The number of para-hydroxylation sites is 1. The number of halogens is 1. The molecule has 0 atom stereocenters. The third-order valence-corrected chi connectivity index (χ3v) is 8.39. The molecule has 1 amide bonds. The van der Waals surface area contributed by atoms with E-state index in [1.807, 2.05) is 30.3 Å². The van der Waals surface area contributed by atoms with Gasteiger partial charge in [-0.25, -0.2) is 13.1 Å². The zero-order valence-corrected chi connectivity index (χ0v) is 18.5. The van der Waals surface area contributed by atoms with Gasteiger partial charge in [-0.05, 0) is 24.3 Å². The monoisotopic (exact) mass is 466 g/mol. The van der Waals surface area contributed by atoms with Crippen molar-refractivity contribution in [2.75, 3.05) is 33.3 Å². The fourth-order valence-electron chi connectivity index (χ4n) is 3.21. The number of benzene rings is 1. The molecule has 0 radical (unpaired) electrons. The lowest BCUT2D eigenvalue weighted by atomic mass is 10.3. The molecular formula is C19H19ClN4O4S2. The van der Waals surface area contributed by atoms with E-state index < -0.39 is 10.0 Å². The quantitative estimate of drug-likeness (QED) is 0.577. The molecule has 2 aromatic heterocycles. The number of carbonyl (C=O) groups is 1. The first-order valence-electron chi connectivity index (χ1n) is 9.14. The van der Waals surface area contributed by atoms with Crippen LogP contribution in [0, 0.1) is 0 Å². The second kappa shape index (κ2) is 8.38. The average Bonchev–Trinajstić information content (AvgIpc) is 3.41. The predicted molar refractivity (Wildman–Crippen MR) is 114 cm³/mol. The van der Waals surface area contributed by atoms with E-state index in [-0.39, 0.29) is 42.0 Å². The summed E-state index contributed by atoms with van der Waals surface area (Å²) in [6.45, 7) is 0.924. The second-order valence-corrected chi connectivity index (χ2v) is 10.5. The minimum atomic E-state index is -3.61. The van der Waals surface area contributed by atoms with Crippen LogP contribution in [0.4, 0.5) is 0 Å². The number of ether oxygens (including phenoxy) is 1. The molecule has 1 fully saturated rings. The topological polar surface area (TPSA) is 84.7 Å². The molecule has 1 aromatic carbocycles. The average molecular weight is 467 g/mol. The Morgan fingerprint density at radius 2 is 1.80 bits per heavy atom. The third-order valence-electron chi connectivity index (χ3n) is 4.79. The highest BCUT2D eigenvalue weighted by atomic mass is 35.5. The van der Waals surface area contributed by atoms with Crippen LogP contribution in [0.15, 0.2) is 52.9 Å². The van der Waals surface area contributed by atoms with E-state index in [1.165, 1.54) is 17.5 Å². The summed E-state index contributed by atoms with van der Waals surface area (Å²) in [7, 11) is -2.13. The first-order valence-corrected chi connectivity index (χ1v) is 11.8. The van der Waals surface area contributed by atoms with Gasteiger partial charge in [-0.1, -0.05) is 29.8 Å². The molecule has 0 N–H and O–H groups in total. The number of aromatic nitrogens is 2. The highest BCUT2D eigenvalue weighted by molar-refractivity contribution is 7.91. The highest BCUT2D eigenvalue weighted by Gasteiger charge is 2.33. The van der Waals surface area contributed by atoms with Gasteiger partial charge in [0, 0.05) is 26.2 Å². The lowest BCUT2D eigenvalue weighted by Crippen LogP contribution is -2.50. The first-order chi connectivity index (χ1) is 14.4. The molecule has 8 nitrogen and oxygen atoms in total. The molecule has 0 unspecified atom stereocenters. The van der Waals surface area contributed by atoms with Gasteiger partial charge in [0.15, 0.2) is 11.4 Å². The number of carbonyl (C=O) groups excluding carboxylic acids is 1. The van der Waals surface area contributed by atoms with Crippen LogP contribution < -0.4 is 4.74 Å². The van der Waals surface area contributed by atoms with Crippen molar-refractivity contribution in [1.82, 2.24) is 19.0 Å². The van der Waals surface area contributed by atoms with Crippen molar-refractivity contribution in [2.45, 2.75) is 4.21 Å². The molecule has 1 saturated heterocycles. The summed E-state index contributed by atoms with van der Waals surface area (Å²) in [6, 6.07) is 12.5. The summed E-state index contributed by atoms with van der Waals surface area (Å²) in [6.07, 6.45) is 1.66. The van der Waals surface area contributed by atoms with Crippen molar-refractivity contribution in [3.8, 4) is 11.4 Å². The highest BCUT2D eigenvalue weighted by Crippen LogP contribution is 2.29. The molecule has 4 rings (SSSR count). The Kier molecular flexibility index (Phi) is 5.83. The smallest absolute Gasteiger partial charge is 0.278 e. The van der Waals surface area contributed by atoms with Crippen LogP contribution in [0.2, 0.25) is 4.34 Å². The lowest BCUT2D eigenvalue weighted by molar-refractivity contribution is 0.0688. The van der Waals surface area contributed by atoms with E-state index in [9.17, 15) is 13.2 Å². The van der Waals surface area contributed by atoms with Crippen LogP contribution >= 0.6 is 22.9 Å². The minimum absolute atomic E-state index is 0.197. The largest absolute Gasteiger partial charge is 0.493 e. The second-order valence-electron chi connectivity index (χ2n) is 6.58. The minimum Gasteiger partial charge on any atom is -0.493 e. The Balaban J connectivity index is 1.49. The van der Waals surface area contributed by atoms with Crippen LogP contribution in [0.1, 0.15) is 10.5 Å². The van der Waals surface area contributed by atoms with Crippen LogP contribution in [0.3, 0.4) is 0 Å². The van der Waals surface area contributed by atoms with Gasteiger partial charge >= 0.3 is 0 Å². The van der Waals surface area contributed by atoms with Gasteiger partial charge in [-0.2, -0.15) is 9.40 Å². The summed E-state index contributed by atoms with van der Waals surface area (Å²) in [4.78, 5) is 14.6. The molecule has 1 aliphatic heterocycles. The number of hydrogen-bond acceptors (Lipinski definition) is 6. The Hall–Kier alpha value is -2.40. The van der Waals surface area contributed by atoms with E-state index in [1.54, 1.807) is 21.8 Å². The van der Waals surface area contributed by atoms with Gasteiger partial charge in [0.1, 0.15) is 4.21 Å². The van der Waals surface area contributed by atoms with Crippen molar-refractivity contribution < 1.29 is 17.9 Å². The van der Waals surface area contributed by atoms with Gasteiger partial charge in [-0.15, -0.1) is 11.3 Å². The summed E-state index contributed by atoms with van der Waals surface area (Å²) < 4.78 is 34.4. The summed E-state index contributed by atoms with van der Waals surface area (Å²) in [5.41, 5.74) is 1.00. The van der Waals surface area contributed by atoms with Crippen molar-refractivity contribution in [2.24, 2.45) is 0 Å². The zero-order valence-electron chi connectivity index (χ0n) is 16.1. The molecule has 0 spiro atoms. The SMILES string of the molecule is COc1cn(-c2ccccc2)nc1C(=O)N1CCN(S(=O)(=O)c2ccc(Cl)s2)CC1. The fraction of sp³-hybridized carbons (Fsp3) is 0.263. The van der Waals surface area contributed by atoms with Gasteiger partial charge in [0.05, 0.1) is 23.3 Å². The fourth-order valence-corrected chi connectivity index (χ4v) is 6.27. The number of nitrogens with zero attached hydrogens (tertiary/aromatic N) is 4. The number of piperazine rings is 1. The molecule has 158 valence electrons. The number of sulfonamides is 1. The van der Waals surface area contributed by atoms with E-state index in [0.29, 0.717) is 10.1 Å². The number of hydrogen-bond donors (Lipinski definition) is 0. The molecule has 0 aliphatic carbocycles. The maximum Gasteiger partial charge on any atom is 0.278 e. The summed E-state index contributed by atoms with van der Waals surface area (Å²) in [5, 5.41) is 4.40. The molecule has 11 heteroatoms. The van der Waals surface area contributed by atoms with Crippen LogP contribution in [-0.4, -0.2) is 66.6 Å². The van der Waals surface area contributed by atoms with Crippen molar-refractivity contribution in [3.05, 3.63) is 58.7 Å². The number of amides is 1. The van der Waals surface area contributed by atoms with Gasteiger partial charge < -0.3 is 9.64 Å². The molecule has 30 heavy (non-hydrogen) atoms. The Morgan fingerprint density at radius 1 is 1.10 bits per heavy atom. The Morgan fingerprint density at radius 3 is 2.40 bits per heavy atom. The molecule has 1 aliphatic rings. The van der Waals surface area contributed by atoms with E-state index >= 15 is 0 Å². The van der Waals surface area contributed by atoms with Crippen molar-refractivity contribution >= 4 is 38.9 Å². The van der Waals surface area contributed by atoms with Crippen molar-refractivity contribution in [3.63, 3.8) is 0 Å². The number of rotatable bonds is 5. The standard InChI is InChI=1S/C19H19ClN4O4S2/c1-28-15-13-24(14-5-3-2-4-6-14)21-18(15)19(25)22-9-11-23(12-10-22)30(26,27)17-8-7-16(20)29-17/h2-8,13H,9-12H2,1H3. The molecule has 0 saturated carbocycles. The lowest BCUT2D eigenvalue weighted by Gasteiger charge is -2.33. The molecule has 0 bridgehead atoms. The Labute approximate surface area is 183 Å². The van der Waals surface area contributed by atoms with Gasteiger partial charge in [0.25, 0.3) is 15.9 Å². The maximum atomic E-state index is 13.0. The number of methoxy groups -OCH3 is 1. The van der Waals surface area contributed by atoms with E-state index in [2.05, 4.69) is 5.10 Å². The van der Waals surface area contributed by atoms with E-state index in [4.69, 9.17) is 16.3 Å². The summed E-state index contributed by atoms with van der Waals surface area (Å²) in [5.74, 6) is 0.0740. The summed E-state index contributed by atoms with van der Waals surface area (Å²) >= 11 is 6.90. The predicted octanol–water partition coefficient (Wildman–Crippen LogP) is 2.74. The first kappa shape index (κ1) is 20.9. The van der Waals surface area contributed by atoms with Crippen molar-refractivity contribution in [1.29, 1.82) is 0 Å². The molecule has 3 aromatic rings. The van der Waals surface area contributed by atoms with E-state index in [0.717, 1.165) is 17.0 Å². The Bertz CT molecular complexity index is 1150. The maximum absolute atomic E-state index is 13.0. The van der Waals surface area contributed by atoms with Gasteiger partial charge in [0.2, 0.25) is 0 Å². The normalized spacial score (nSPS) is 15.3. The number of thiophene rings is 1. The van der Waals surface area contributed by atoms with Crippen LogP contribution in [0.25, 0.3) is 5.69 Å². The molecular weight excluding hydrogens is 448 g/mol. The zero-order chi connectivity index (χ0) is 21.3. The molecule has 3 heterocycles. The third kappa shape index (κ3) is 3.95. The van der Waals surface area contributed by atoms with Crippen LogP contribution in [-0.2, 0) is 10.0 Å². The van der Waals surface area contributed by atoms with Crippen LogP contribution in [0.5, 0.6) is 5.75 Å². The van der Waals surface area contributed by atoms with Gasteiger partial charge in [-0.3, -0.25) is 4.79 Å².